The number of nitrogen functional groups attached to an aromatic ring is 1. The molecule has 0 bridgehead atoms. The molecule has 0 radical (unpaired) electrons. The summed E-state index contributed by atoms with van der Waals surface area (Å²) in [5, 5.41) is 8.60. The summed E-state index contributed by atoms with van der Waals surface area (Å²) in [5.41, 5.74) is 2.27. The van der Waals surface area contributed by atoms with Crippen molar-refractivity contribution in [3.8, 4) is 12.0 Å². The molecule has 0 amide bonds. The van der Waals surface area contributed by atoms with Crippen LogP contribution < -0.4 is 20.7 Å². The average Bonchev–Trinajstić information content (AvgIpc) is 2.25. The number of hydrogen-bond donors (Lipinski definition) is 3. The Labute approximate surface area is 92.8 Å². The number of aromatic nitrogens is 3. The zero-order valence-electron chi connectivity index (χ0n) is 9.17. The van der Waals surface area contributed by atoms with E-state index in [1.165, 1.54) is 0 Å². The first-order valence-corrected chi connectivity index (χ1v) is 4.78. The Hall–Kier alpha value is -1.67. The van der Waals surface area contributed by atoms with Gasteiger partial charge in [0, 0.05) is 0 Å². The third-order valence-electron chi connectivity index (χ3n) is 1.39. The van der Waals surface area contributed by atoms with E-state index in [1.54, 1.807) is 0 Å². The molecule has 4 N–H and O–H groups in total. The molecule has 1 rings (SSSR count). The maximum atomic E-state index is 8.60. The minimum atomic E-state index is -0.128. The van der Waals surface area contributed by atoms with E-state index in [9.17, 15) is 0 Å². The van der Waals surface area contributed by atoms with Gasteiger partial charge in [0.05, 0.1) is 12.7 Å². The van der Waals surface area contributed by atoms with Crippen molar-refractivity contribution in [2.45, 2.75) is 20.0 Å². The Bertz CT molecular complexity index is 333. The highest BCUT2D eigenvalue weighted by atomic mass is 16.5. The van der Waals surface area contributed by atoms with Crippen molar-refractivity contribution in [2.75, 3.05) is 18.6 Å². The van der Waals surface area contributed by atoms with Crippen LogP contribution in [0.5, 0.6) is 12.0 Å². The first-order valence-electron chi connectivity index (χ1n) is 4.78. The van der Waals surface area contributed by atoms with E-state index >= 15 is 0 Å². The monoisotopic (exact) mass is 229 g/mol. The summed E-state index contributed by atoms with van der Waals surface area (Å²) in [4.78, 5) is 11.6. The van der Waals surface area contributed by atoms with E-state index in [2.05, 4.69) is 20.4 Å². The van der Waals surface area contributed by atoms with Gasteiger partial charge in [0.15, 0.2) is 0 Å². The molecule has 0 saturated heterocycles. The summed E-state index contributed by atoms with van der Waals surface area (Å²) in [7, 11) is 0. The highest BCUT2D eigenvalue weighted by Crippen LogP contribution is 2.13. The number of nitrogens with two attached hydrogens (primary N) is 1. The first-order chi connectivity index (χ1) is 7.65. The van der Waals surface area contributed by atoms with E-state index in [0.717, 1.165) is 0 Å². The lowest BCUT2D eigenvalue weighted by atomic mass is 10.5. The quantitative estimate of drug-likeness (QED) is 0.434. The molecule has 0 aliphatic carbocycles. The van der Waals surface area contributed by atoms with Crippen molar-refractivity contribution >= 4 is 5.95 Å². The van der Waals surface area contributed by atoms with Crippen molar-refractivity contribution in [3.05, 3.63) is 0 Å². The van der Waals surface area contributed by atoms with Crippen LogP contribution in [0.25, 0.3) is 0 Å². The zero-order valence-corrected chi connectivity index (χ0v) is 9.17. The number of ether oxygens (including phenoxy) is 2. The zero-order chi connectivity index (χ0) is 12.0. The molecule has 1 heterocycles. The third kappa shape index (κ3) is 3.83. The SMILES string of the molecule is CC(C)Oc1nc(NN)nc(OCCO)n1. The van der Waals surface area contributed by atoms with Crippen LogP contribution in [-0.4, -0.2) is 39.4 Å². The second-order valence-electron chi connectivity index (χ2n) is 3.11. The van der Waals surface area contributed by atoms with Crippen LogP contribution in [0.2, 0.25) is 0 Å². The van der Waals surface area contributed by atoms with Gasteiger partial charge in [0.1, 0.15) is 6.61 Å². The van der Waals surface area contributed by atoms with Crippen molar-refractivity contribution in [1.29, 1.82) is 0 Å². The standard InChI is InChI=1S/C8H15N5O3/c1-5(2)16-8-11-6(13-9)10-7(12-8)15-4-3-14/h5,14H,3-4,9H2,1-2H3,(H,10,11,12,13). The molecule has 0 fully saturated rings. The number of hydrogen-bond acceptors (Lipinski definition) is 8. The lowest BCUT2D eigenvalue weighted by Crippen LogP contribution is -2.16. The van der Waals surface area contributed by atoms with Crippen LogP contribution in [0, 0.1) is 0 Å². The minimum absolute atomic E-state index is 0.0488. The maximum absolute atomic E-state index is 8.60. The minimum Gasteiger partial charge on any atom is -0.461 e. The van der Waals surface area contributed by atoms with Crippen LogP contribution in [0.3, 0.4) is 0 Å². The number of anilines is 1. The van der Waals surface area contributed by atoms with E-state index in [0.29, 0.717) is 0 Å². The van der Waals surface area contributed by atoms with Crippen molar-refractivity contribution in [1.82, 2.24) is 15.0 Å². The van der Waals surface area contributed by atoms with E-state index in [-0.39, 0.29) is 37.3 Å². The fraction of sp³-hybridized carbons (Fsp3) is 0.625. The lowest BCUT2D eigenvalue weighted by Gasteiger charge is -2.09. The average molecular weight is 229 g/mol. The van der Waals surface area contributed by atoms with Gasteiger partial charge in [-0.3, -0.25) is 5.43 Å². The lowest BCUT2D eigenvalue weighted by molar-refractivity contribution is 0.182. The van der Waals surface area contributed by atoms with E-state index in [4.69, 9.17) is 20.4 Å². The van der Waals surface area contributed by atoms with E-state index < -0.39 is 0 Å². The Balaban J connectivity index is 2.82. The van der Waals surface area contributed by atoms with Gasteiger partial charge in [0.25, 0.3) is 0 Å². The molecule has 1 aromatic rings. The van der Waals surface area contributed by atoms with Gasteiger partial charge in [-0.2, -0.15) is 9.97 Å². The Kier molecular flexibility index (Phi) is 4.67. The summed E-state index contributed by atoms with van der Waals surface area (Å²) in [6, 6.07) is 0.165. The van der Waals surface area contributed by atoms with Crippen LogP contribution in [0.1, 0.15) is 13.8 Å². The summed E-state index contributed by atoms with van der Waals surface area (Å²) in [6.45, 7) is 3.65. The number of rotatable bonds is 6. The summed E-state index contributed by atoms with van der Waals surface area (Å²) in [6.07, 6.45) is -0.0706. The third-order valence-corrected chi connectivity index (χ3v) is 1.39. The van der Waals surface area contributed by atoms with Crippen LogP contribution in [-0.2, 0) is 0 Å². The predicted molar refractivity (Wildman–Crippen MR) is 56.0 cm³/mol. The normalized spacial score (nSPS) is 10.3. The molecule has 0 aliphatic rings. The molecule has 0 atom stereocenters. The second kappa shape index (κ2) is 6.03. The van der Waals surface area contributed by atoms with Gasteiger partial charge in [-0.05, 0) is 13.8 Å². The summed E-state index contributed by atoms with van der Waals surface area (Å²) < 4.78 is 10.3. The topological polar surface area (TPSA) is 115 Å². The van der Waals surface area contributed by atoms with Crippen molar-refractivity contribution in [3.63, 3.8) is 0 Å². The maximum Gasteiger partial charge on any atom is 0.324 e. The van der Waals surface area contributed by atoms with Crippen molar-refractivity contribution < 1.29 is 14.6 Å². The molecule has 90 valence electrons. The van der Waals surface area contributed by atoms with Gasteiger partial charge in [-0.15, -0.1) is 4.98 Å². The van der Waals surface area contributed by atoms with Crippen LogP contribution in [0.15, 0.2) is 0 Å². The molecule has 16 heavy (non-hydrogen) atoms. The van der Waals surface area contributed by atoms with Crippen LogP contribution >= 0.6 is 0 Å². The van der Waals surface area contributed by atoms with E-state index in [1.807, 2.05) is 13.8 Å². The largest absolute Gasteiger partial charge is 0.461 e. The fourth-order valence-corrected chi connectivity index (χ4v) is 0.868. The molecule has 0 saturated carbocycles. The number of hydrazine groups is 1. The molecule has 0 spiro atoms. The highest BCUT2D eigenvalue weighted by Gasteiger charge is 2.08. The van der Waals surface area contributed by atoms with Gasteiger partial charge in [-0.1, -0.05) is 0 Å². The van der Waals surface area contributed by atoms with Gasteiger partial charge in [0.2, 0.25) is 5.95 Å². The van der Waals surface area contributed by atoms with Crippen molar-refractivity contribution in [2.24, 2.45) is 5.84 Å². The molecule has 0 aromatic carbocycles. The first kappa shape index (κ1) is 12.4. The number of nitrogens with one attached hydrogen (secondary N) is 1. The molecular formula is C8H15N5O3. The molecule has 8 nitrogen and oxygen atoms in total. The Morgan fingerprint density at radius 3 is 2.56 bits per heavy atom. The van der Waals surface area contributed by atoms with Gasteiger partial charge < -0.3 is 14.6 Å². The van der Waals surface area contributed by atoms with Crippen LogP contribution in [0.4, 0.5) is 5.95 Å². The molecule has 1 aromatic heterocycles. The predicted octanol–water partition coefficient (Wildman–Crippen LogP) is -0.684. The fourth-order valence-electron chi connectivity index (χ4n) is 0.868. The molecule has 8 heteroatoms. The molecule has 0 unspecified atom stereocenters. The number of nitrogens with zero attached hydrogens (tertiary/aromatic N) is 3. The van der Waals surface area contributed by atoms with Gasteiger partial charge >= 0.3 is 12.0 Å². The summed E-state index contributed by atoms with van der Waals surface area (Å²) >= 11 is 0. The number of aliphatic hydroxyl groups is 1. The molecular weight excluding hydrogens is 214 g/mol. The smallest absolute Gasteiger partial charge is 0.324 e. The second-order valence-corrected chi connectivity index (χ2v) is 3.11. The number of aliphatic hydroxyl groups excluding tert-OH is 1. The Morgan fingerprint density at radius 1 is 1.31 bits per heavy atom. The molecule has 0 aliphatic heterocycles. The Morgan fingerprint density at radius 2 is 2.00 bits per heavy atom. The van der Waals surface area contributed by atoms with Gasteiger partial charge in [-0.25, -0.2) is 5.84 Å². The highest BCUT2D eigenvalue weighted by molar-refractivity contribution is 5.25. The summed E-state index contributed by atoms with van der Waals surface area (Å²) in [5.74, 6) is 5.32.